The van der Waals surface area contributed by atoms with Crippen molar-refractivity contribution in [2.45, 2.75) is 26.4 Å². The highest BCUT2D eigenvalue weighted by atomic mass is 19.4. The monoisotopic (exact) mass is 398 g/mol. The Kier molecular flexibility index (Phi) is 4.74. The van der Waals surface area contributed by atoms with Gasteiger partial charge in [0.15, 0.2) is 0 Å². The fourth-order valence-electron chi connectivity index (χ4n) is 3.55. The second-order valence-corrected chi connectivity index (χ2v) is 6.90. The molecular weight excluding hydrogens is 381 g/mol. The number of amides is 1. The summed E-state index contributed by atoms with van der Waals surface area (Å²) < 4.78 is 40.7. The molecule has 1 aromatic heterocycles. The van der Waals surface area contributed by atoms with Crippen LogP contribution in [0.1, 0.15) is 27.0 Å². The van der Waals surface area contributed by atoms with Crippen molar-refractivity contribution in [3.63, 3.8) is 0 Å². The van der Waals surface area contributed by atoms with E-state index in [-0.39, 0.29) is 11.7 Å². The number of aryl methyl sites for hydroxylation is 1. The first-order valence-electron chi connectivity index (χ1n) is 8.99. The number of hydrogen-bond donors (Lipinski definition) is 0. The maximum absolute atomic E-state index is 12.9. The molecular formula is C22H17F3N2O2. The van der Waals surface area contributed by atoms with Gasteiger partial charge in [0.05, 0.1) is 5.69 Å². The van der Waals surface area contributed by atoms with E-state index in [1.807, 2.05) is 37.3 Å². The van der Waals surface area contributed by atoms with Gasteiger partial charge in [-0.05, 0) is 60.0 Å². The number of alkyl halides is 3. The van der Waals surface area contributed by atoms with Crippen molar-refractivity contribution >= 4 is 5.91 Å². The largest absolute Gasteiger partial charge is 0.573 e. The van der Waals surface area contributed by atoms with Crippen LogP contribution in [-0.4, -0.2) is 22.2 Å². The lowest BCUT2D eigenvalue weighted by Gasteiger charge is -2.16. The molecule has 4 rings (SSSR count). The van der Waals surface area contributed by atoms with Crippen LogP contribution in [0.15, 0.2) is 60.8 Å². The third-order valence-corrected chi connectivity index (χ3v) is 4.77. The van der Waals surface area contributed by atoms with Gasteiger partial charge >= 0.3 is 6.36 Å². The Hall–Kier alpha value is -3.35. The number of carbonyl (C=O) groups is 1. The summed E-state index contributed by atoms with van der Waals surface area (Å²) in [6, 6.07) is 15.2. The van der Waals surface area contributed by atoms with E-state index in [9.17, 15) is 18.0 Å². The molecule has 0 bridgehead atoms. The van der Waals surface area contributed by atoms with E-state index in [4.69, 9.17) is 0 Å². The summed E-state index contributed by atoms with van der Waals surface area (Å²) in [4.78, 5) is 18.9. The number of hydrogen-bond acceptors (Lipinski definition) is 3. The Balaban J connectivity index is 1.53. The fourth-order valence-corrected chi connectivity index (χ4v) is 3.55. The smallest absolute Gasteiger partial charge is 0.406 e. The van der Waals surface area contributed by atoms with Crippen LogP contribution in [0.5, 0.6) is 5.75 Å². The van der Waals surface area contributed by atoms with Gasteiger partial charge in [0, 0.05) is 30.4 Å². The number of fused-ring (bicyclic) bond motifs is 1. The molecule has 2 aromatic carbocycles. The van der Waals surface area contributed by atoms with Crippen LogP contribution in [0.2, 0.25) is 0 Å². The van der Waals surface area contributed by atoms with Gasteiger partial charge in [0.2, 0.25) is 0 Å². The molecule has 29 heavy (non-hydrogen) atoms. The standard InChI is InChI=1S/C22H17F3N2O2/c1-14-10-16(19-4-2-3-9-26-19)11-17-13-27(21(28)20(14)17)12-15-5-7-18(8-6-15)29-22(23,24)25/h2-11H,12-13H2,1H3. The molecule has 4 nitrogen and oxygen atoms in total. The van der Waals surface area contributed by atoms with E-state index >= 15 is 0 Å². The minimum Gasteiger partial charge on any atom is -0.406 e. The molecule has 0 N–H and O–H groups in total. The maximum Gasteiger partial charge on any atom is 0.573 e. The predicted octanol–water partition coefficient (Wildman–Crippen LogP) is 5.11. The first-order valence-corrected chi connectivity index (χ1v) is 8.99. The van der Waals surface area contributed by atoms with Crippen molar-refractivity contribution < 1.29 is 22.7 Å². The lowest BCUT2D eigenvalue weighted by Crippen LogP contribution is -2.23. The van der Waals surface area contributed by atoms with Gasteiger partial charge in [0.25, 0.3) is 5.91 Å². The SMILES string of the molecule is Cc1cc(-c2ccccn2)cc2c1C(=O)N(Cc1ccc(OC(F)(F)F)cc1)C2. The Labute approximate surface area is 165 Å². The predicted molar refractivity (Wildman–Crippen MR) is 101 cm³/mol. The average Bonchev–Trinajstić information content (AvgIpc) is 2.99. The number of halogens is 3. The average molecular weight is 398 g/mol. The third kappa shape index (κ3) is 4.08. The van der Waals surface area contributed by atoms with E-state index in [1.165, 1.54) is 24.3 Å². The van der Waals surface area contributed by atoms with E-state index in [0.717, 1.165) is 27.9 Å². The summed E-state index contributed by atoms with van der Waals surface area (Å²) >= 11 is 0. The molecule has 3 aromatic rings. The van der Waals surface area contributed by atoms with Gasteiger partial charge in [-0.3, -0.25) is 9.78 Å². The summed E-state index contributed by atoms with van der Waals surface area (Å²) in [6.07, 6.45) is -3.00. The number of nitrogens with zero attached hydrogens (tertiary/aromatic N) is 2. The lowest BCUT2D eigenvalue weighted by molar-refractivity contribution is -0.274. The van der Waals surface area contributed by atoms with Gasteiger partial charge in [-0.25, -0.2) is 0 Å². The zero-order chi connectivity index (χ0) is 20.6. The fraction of sp³-hybridized carbons (Fsp3) is 0.182. The van der Waals surface area contributed by atoms with Crippen molar-refractivity contribution in [1.29, 1.82) is 0 Å². The Morgan fingerprint density at radius 1 is 1.10 bits per heavy atom. The molecule has 1 aliphatic rings. The zero-order valence-electron chi connectivity index (χ0n) is 15.5. The van der Waals surface area contributed by atoms with Gasteiger partial charge in [-0.1, -0.05) is 18.2 Å². The Morgan fingerprint density at radius 3 is 2.52 bits per heavy atom. The molecule has 7 heteroatoms. The third-order valence-electron chi connectivity index (χ3n) is 4.77. The summed E-state index contributed by atoms with van der Waals surface area (Å²) in [5.41, 5.74) is 5.00. The normalized spacial score (nSPS) is 13.5. The van der Waals surface area contributed by atoms with Crippen LogP contribution in [0.3, 0.4) is 0 Å². The van der Waals surface area contributed by atoms with Crippen molar-refractivity contribution in [2.24, 2.45) is 0 Å². The molecule has 0 aliphatic carbocycles. The maximum atomic E-state index is 12.9. The van der Waals surface area contributed by atoms with Crippen LogP contribution in [0.4, 0.5) is 13.2 Å². The number of rotatable bonds is 4. The lowest BCUT2D eigenvalue weighted by atomic mass is 9.98. The van der Waals surface area contributed by atoms with Crippen LogP contribution in [-0.2, 0) is 13.1 Å². The molecule has 0 saturated heterocycles. The van der Waals surface area contributed by atoms with Crippen molar-refractivity contribution in [2.75, 3.05) is 0 Å². The van der Waals surface area contributed by atoms with E-state index in [2.05, 4.69) is 9.72 Å². The summed E-state index contributed by atoms with van der Waals surface area (Å²) in [5, 5.41) is 0. The number of benzene rings is 2. The second kappa shape index (κ2) is 7.24. The van der Waals surface area contributed by atoms with Crippen molar-refractivity contribution in [3.8, 4) is 17.0 Å². The number of carbonyl (C=O) groups excluding carboxylic acids is 1. The van der Waals surface area contributed by atoms with E-state index < -0.39 is 6.36 Å². The zero-order valence-corrected chi connectivity index (χ0v) is 15.5. The van der Waals surface area contributed by atoms with Crippen molar-refractivity contribution in [1.82, 2.24) is 9.88 Å². The van der Waals surface area contributed by atoms with Gasteiger partial charge in [-0.15, -0.1) is 13.2 Å². The molecule has 0 unspecified atom stereocenters. The Morgan fingerprint density at radius 2 is 1.86 bits per heavy atom. The molecule has 0 fully saturated rings. The van der Waals surface area contributed by atoms with Gasteiger partial charge in [0.1, 0.15) is 5.75 Å². The number of pyridine rings is 1. The highest BCUT2D eigenvalue weighted by molar-refractivity contribution is 6.00. The van der Waals surface area contributed by atoms with Gasteiger partial charge in [-0.2, -0.15) is 0 Å². The van der Waals surface area contributed by atoms with E-state index in [0.29, 0.717) is 18.7 Å². The summed E-state index contributed by atoms with van der Waals surface area (Å²) in [6.45, 7) is 2.64. The highest BCUT2D eigenvalue weighted by Gasteiger charge is 2.31. The topological polar surface area (TPSA) is 42.4 Å². The highest BCUT2D eigenvalue weighted by Crippen LogP contribution is 2.32. The van der Waals surface area contributed by atoms with Crippen LogP contribution in [0, 0.1) is 6.92 Å². The molecule has 0 saturated carbocycles. The number of ether oxygens (including phenoxy) is 1. The quantitative estimate of drug-likeness (QED) is 0.613. The Bertz CT molecular complexity index is 1050. The number of aromatic nitrogens is 1. The van der Waals surface area contributed by atoms with Gasteiger partial charge < -0.3 is 9.64 Å². The first kappa shape index (κ1) is 19.0. The molecule has 1 amide bonds. The molecule has 2 heterocycles. The second-order valence-electron chi connectivity index (χ2n) is 6.90. The van der Waals surface area contributed by atoms with E-state index in [1.54, 1.807) is 11.1 Å². The molecule has 0 radical (unpaired) electrons. The minimum atomic E-state index is -4.73. The van der Waals surface area contributed by atoms with Crippen LogP contribution in [0.25, 0.3) is 11.3 Å². The van der Waals surface area contributed by atoms with Crippen LogP contribution < -0.4 is 4.74 Å². The minimum absolute atomic E-state index is 0.0827. The molecule has 148 valence electrons. The molecule has 1 aliphatic heterocycles. The van der Waals surface area contributed by atoms with Crippen LogP contribution >= 0.6 is 0 Å². The molecule has 0 spiro atoms. The summed E-state index contributed by atoms with van der Waals surface area (Å²) in [7, 11) is 0. The first-order chi connectivity index (χ1) is 13.8. The van der Waals surface area contributed by atoms with Crippen molar-refractivity contribution in [3.05, 3.63) is 83.0 Å². The molecule has 0 atom stereocenters. The summed E-state index contributed by atoms with van der Waals surface area (Å²) in [5.74, 6) is -0.367.